The van der Waals surface area contributed by atoms with Gasteiger partial charge in [0.25, 0.3) is 0 Å². The third-order valence-corrected chi connectivity index (χ3v) is 0.798. The van der Waals surface area contributed by atoms with Gasteiger partial charge in [-0.1, -0.05) is 0 Å². The molecule has 0 aromatic carbocycles. The van der Waals surface area contributed by atoms with Crippen molar-refractivity contribution in [1.29, 1.82) is 0 Å². The Bertz CT molecular complexity index is 133. The van der Waals surface area contributed by atoms with Crippen LogP contribution in [0.1, 0.15) is 0 Å². The summed E-state index contributed by atoms with van der Waals surface area (Å²) in [4.78, 5) is 20.7. The quantitative estimate of drug-likeness (QED) is 0.491. The minimum Gasteiger partial charge on any atom is -0.549 e. The van der Waals surface area contributed by atoms with E-state index in [0.29, 0.717) is 0 Å². The van der Waals surface area contributed by atoms with Gasteiger partial charge in [0.05, 0.1) is 11.9 Å². The molecule has 58 valence electrons. The molecule has 5 nitrogen and oxygen atoms in total. The summed E-state index contributed by atoms with van der Waals surface area (Å²) < 4.78 is 0. The average Bonchev–Trinajstić information content (AvgIpc) is 1.58. The number of carbonyl (C=O) groups is 2. The number of carboxylic acid groups (broad SMARTS) is 2. The first kappa shape index (κ1) is 14.0. The predicted molar refractivity (Wildman–Crippen MR) is 33.3 cm³/mol. The normalized spacial score (nSPS) is 8.91. The van der Waals surface area contributed by atoms with Crippen LogP contribution in [0.3, 0.4) is 0 Å². The third kappa shape index (κ3) is 10.5. The van der Waals surface area contributed by atoms with Crippen LogP contribution in [0, 0.1) is 0 Å². The second-order valence-electron chi connectivity index (χ2n) is 1.92. The maximum atomic E-state index is 9.83. The van der Waals surface area contributed by atoms with E-state index in [4.69, 9.17) is 0 Å². The Hall–Kier alpha value is 0.471. The SMILES string of the molecule is CN(CC(=O)[O-])CC(=O)[O-].[Ba+2]. The molecule has 0 heterocycles. The van der Waals surface area contributed by atoms with Gasteiger partial charge in [-0.3, -0.25) is 4.90 Å². The maximum Gasteiger partial charge on any atom is 2.00 e. The van der Waals surface area contributed by atoms with E-state index in [2.05, 4.69) is 0 Å². The van der Waals surface area contributed by atoms with Crippen LogP contribution < -0.4 is 10.2 Å². The molecule has 0 saturated heterocycles. The number of rotatable bonds is 4. The molecular formula is C5H7BaNO4. The van der Waals surface area contributed by atoms with Gasteiger partial charge < -0.3 is 19.8 Å². The van der Waals surface area contributed by atoms with Crippen LogP contribution in [0.25, 0.3) is 0 Å². The Morgan fingerprint density at radius 3 is 1.64 bits per heavy atom. The molecular weight excluding hydrogens is 275 g/mol. The zero-order chi connectivity index (χ0) is 8.15. The van der Waals surface area contributed by atoms with Crippen molar-refractivity contribution < 1.29 is 19.8 Å². The van der Waals surface area contributed by atoms with E-state index in [-0.39, 0.29) is 48.9 Å². The molecule has 0 aromatic rings. The first-order chi connectivity index (χ1) is 4.52. The van der Waals surface area contributed by atoms with Gasteiger partial charge in [-0.15, -0.1) is 0 Å². The summed E-state index contributed by atoms with van der Waals surface area (Å²) in [5.74, 6) is -2.60. The van der Waals surface area contributed by atoms with E-state index in [0.717, 1.165) is 4.90 Å². The van der Waals surface area contributed by atoms with E-state index < -0.39 is 25.0 Å². The van der Waals surface area contributed by atoms with Gasteiger partial charge in [-0.05, 0) is 7.05 Å². The molecule has 0 spiro atoms. The van der Waals surface area contributed by atoms with Crippen molar-refractivity contribution >= 4 is 60.8 Å². The predicted octanol–water partition coefficient (Wildman–Crippen LogP) is -3.96. The molecule has 0 aliphatic heterocycles. The van der Waals surface area contributed by atoms with E-state index in [1.165, 1.54) is 7.05 Å². The van der Waals surface area contributed by atoms with E-state index in [1.54, 1.807) is 0 Å². The Morgan fingerprint density at radius 1 is 1.18 bits per heavy atom. The second kappa shape index (κ2) is 7.14. The summed E-state index contributed by atoms with van der Waals surface area (Å²) >= 11 is 0. The van der Waals surface area contributed by atoms with E-state index in [1.807, 2.05) is 0 Å². The molecule has 0 N–H and O–H groups in total. The largest absolute Gasteiger partial charge is 2.00 e. The van der Waals surface area contributed by atoms with Gasteiger partial charge in [0.15, 0.2) is 0 Å². The molecule has 0 amide bonds. The molecule has 0 unspecified atom stereocenters. The molecule has 0 fully saturated rings. The minimum absolute atomic E-state index is 0. The molecule has 0 aromatic heterocycles. The molecule has 0 rings (SSSR count). The monoisotopic (exact) mass is 283 g/mol. The summed E-state index contributed by atoms with van der Waals surface area (Å²) in [5.41, 5.74) is 0. The van der Waals surface area contributed by atoms with Crippen molar-refractivity contribution in [2.45, 2.75) is 0 Å². The smallest absolute Gasteiger partial charge is 0.549 e. The standard InChI is InChI=1S/C5H9NO4.Ba/c1-6(2-4(7)8)3-5(9)10;/h2-3H2,1H3,(H,7,8)(H,9,10);/q;+2/p-2. The van der Waals surface area contributed by atoms with Crippen molar-refractivity contribution in [3.8, 4) is 0 Å². The second-order valence-corrected chi connectivity index (χ2v) is 1.92. The maximum absolute atomic E-state index is 9.83. The Balaban J connectivity index is 0. The topological polar surface area (TPSA) is 83.5 Å². The van der Waals surface area contributed by atoms with Crippen molar-refractivity contribution in [3.05, 3.63) is 0 Å². The molecule has 0 radical (unpaired) electrons. The zero-order valence-corrected chi connectivity index (χ0v) is 10.6. The fourth-order valence-electron chi connectivity index (χ4n) is 0.497. The van der Waals surface area contributed by atoms with E-state index >= 15 is 0 Å². The van der Waals surface area contributed by atoms with Crippen molar-refractivity contribution in [1.82, 2.24) is 4.90 Å². The van der Waals surface area contributed by atoms with Crippen LogP contribution in [0.2, 0.25) is 0 Å². The van der Waals surface area contributed by atoms with E-state index in [9.17, 15) is 19.8 Å². The van der Waals surface area contributed by atoms with Gasteiger partial charge in [-0.25, -0.2) is 0 Å². The molecule has 0 atom stereocenters. The van der Waals surface area contributed by atoms with Gasteiger partial charge in [0, 0.05) is 13.1 Å². The molecule has 0 aliphatic carbocycles. The number of aliphatic carboxylic acids is 2. The van der Waals surface area contributed by atoms with Crippen LogP contribution in [-0.2, 0) is 9.59 Å². The van der Waals surface area contributed by atoms with Gasteiger partial charge in [0.2, 0.25) is 0 Å². The summed E-state index contributed by atoms with van der Waals surface area (Å²) in [6, 6.07) is 0. The summed E-state index contributed by atoms with van der Waals surface area (Å²) in [7, 11) is 1.35. The number of likely N-dealkylation sites (N-methyl/N-ethyl adjacent to an activating group) is 1. The van der Waals surface area contributed by atoms with Crippen LogP contribution in [0.15, 0.2) is 0 Å². The Kier molecular flexibility index (Phi) is 9.10. The number of nitrogens with zero attached hydrogens (tertiary/aromatic N) is 1. The summed E-state index contributed by atoms with van der Waals surface area (Å²) in [6.07, 6.45) is 0. The van der Waals surface area contributed by atoms with Gasteiger partial charge in [0.1, 0.15) is 0 Å². The molecule has 11 heavy (non-hydrogen) atoms. The number of carbonyl (C=O) groups excluding carboxylic acids is 2. The average molecular weight is 282 g/mol. The molecule has 0 saturated carbocycles. The summed E-state index contributed by atoms with van der Waals surface area (Å²) in [6.45, 7) is -0.790. The Morgan fingerprint density at radius 2 is 1.45 bits per heavy atom. The zero-order valence-electron chi connectivity index (χ0n) is 6.20. The number of carboxylic acids is 2. The Labute approximate surface area is 104 Å². The molecule has 6 heteroatoms. The number of hydrogen-bond donors (Lipinski definition) is 0. The first-order valence-corrected chi connectivity index (χ1v) is 2.60. The number of hydrogen-bond acceptors (Lipinski definition) is 5. The van der Waals surface area contributed by atoms with Crippen LogP contribution >= 0.6 is 0 Å². The van der Waals surface area contributed by atoms with Crippen LogP contribution in [0.5, 0.6) is 0 Å². The fraction of sp³-hybridized carbons (Fsp3) is 0.600. The van der Waals surface area contributed by atoms with Crippen molar-refractivity contribution in [2.75, 3.05) is 20.1 Å². The first-order valence-electron chi connectivity index (χ1n) is 2.60. The molecule has 0 aliphatic rings. The van der Waals surface area contributed by atoms with Crippen LogP contribution in [-0.4, -0.2) is 85.9 Å². The summed E-state index contributed by atoms with van der Waals surface area (Å²) in [5, 5.41) is 19.7. The van der Waals surface area contributed by atoms with Gasteiger partial charge in [-0.2, -0.15) is 0 Å². The molecule has 0 bridgehead atoms. The minimum atomic E-state index is -1.30. The van der Waals surface area contributed by atoms with Gasteiger partial charge >= 0.3 is 48.9 Å². The fourth-order valence-corrected chi connectivity index (χ4v) is 0.497. The van der Waals surface area contributed by atoms with Crippen molar-refractivity contribution in [3.63, 3.8) is 0 Å². The van der Waals surface area contributed by atoms with Crippen molar-refractivity contribution in [2.24, 2.45) is 0 Å². The third-order valence-electron chi connectivity index (χ3n) is 0.798. The van der Waals surface area contributed by atoms with Crippen LogP contribution in [0.4, 0.5) is 0 Å².